The van der Waals surface area contributed by atoms with Crippen LogP contribution in [0, 0.1) is 0 Å². The van der Waals surface area contributed by atoms with Crippen molar-refractivity contribution in [3.8, 4) is 90.6 Å². The van der Waals surface area contributed by atoms with Crippen molar-refractivity contribution in [3.63, 3.8) is 0 Å². The molecule has 0 unspecified atom stereocenters. The van der Waals surface area contributed by atoms with Gasteiger partial charge in [0.1, 0.15) is 0 Å². The maximum Gasteiger partial charge on any atom is 0.164 e. The zero-order chi connectivity index (χ0) is 38.7. The zero-order valence-electron chi connectivity index (χ0n) is 31.3. The van der Waals surface area contributed by atoms with Gasteiger partial charge in [-0.05, 0) is 39.1 Å². The lowest BCUT2D eigenvalue weighted by atomic mass is 9.89. The van der Waals surface area contributed by atoms with Gasteiger partial charge in [0.15, 0.2) is 34.9 Å². The fourth-order valence-electron chi connectivity index (χ4n) is 7.36. The summed E-state index contributed by atoms with van der Waals surface area (Å²) in [6.07, 6.45) is 0. The number of hydrogen-bond acceptors (Lipinski definition) is 6. The molecule has 0 aliphatic carbocycles. The lowest BCUT2D eigenvalue weighted by Crippen LogP contribution is -2.00. The first kappa shape index (κ1) is 34.5. The Morgan fingerprint density at radius 2 is 0.466 bits per heavy atom. The van der Waals surface area contributed by atoms with Crippen LogP contribution in [0.3, 0.4) is 0 Å². The maximum absolute atomic E-state index is 5.06. The van der Waals surface area contributed by atoms with Crippen molar-refractivity contribution in [1.82, 2.24) is 29.9 Å². The van der Waals surface area contributed by atoms with Crippen molar-refractivity contribution in [2.45, 2.75) is 0 Å². The molecule has 0 saturated carbocycles. The molecule has 8 aromatic carbocycles. The molecule has 0 atom stereocenters. The molecule has 0 N–H and O–H groups in total. The van der Waals surface area contributed by atoms with Gasteiger partial charge >= 0.3 is 0 Å². The van der Waals surface area contributed by atoms with E-state index in [1.807, 2.05) is 121 Å². The number of hydrogen-bond donors (Lipinski definition) is 0. The van der Waals surface area contributed by atoms with Crippen molar-refractivity contribution >= 4 is 10.8 Å². The second-order valence-electron chi connectivity index (χ2n) is 13.9. The molecular weight excluding hydrogens is 709 g/mol. The average molecular weight is 743 g/mol. The van der Waals surface area contributed by atoms with Crippen LogP contribution in [0.1, 0.15) is 0 Å². The third-order valence-electron chi connectivity index (χ3n) is 10.2. The molecule has 0 radical (unpaired) electrons. The smallest absolute Gasteiger partial charge is 0.164 e. The Morgan fingerprint density at radius 1 is 0.172 bits per heavy atom. The molecule has 10 aromatic rings. The Hall–Kier alpha value is -7.96. The summed E-state index contributed by atoms with van der Waals surface area (Å²) in [5, 5.41) is 2.17. The highest BCUT2D eigenvalue weighted by Gasteiger charge is 2.18. The zero-order valence-corrected chi connectivity index (χ0v) is 31.3. The summed E-state index contributed by atoms with van der Waals surface area (Å²) < 4.78 is 0. The number of benzene rings is 8. The van der Waals surface area contributed by atoms with E-state index >= 15 is 0 Å². The van der Waals surface area contributed by atoms with Crippen LogP contribution in [-0.2, 0) is 0 Å². The monoisotopic (exact) mass is 742 g/mol. The summed E-state index contributed by atoms with van der Waals surface area (Å²) in [6.45, 7) is 0. The average Bonchev–Trinajstić information content (AvgIpc) is 3.32. The molecule has 0 amide bonds. The molecule has 0 aliphatic heterocycles. The lowest BCUT2D eigenvalue weighted by Gasteiger charge is -2.16. The van der Waals surface area contributed by atoms with Crippen LogP contribution >= 0.6 is 0 Å². The summed E-state index contributed by atoms with van der Waals surface area (Å²) in [4.78, 5) is 29.8. The molecule has 2 aromatic heterocycles. The van der Waals surface area contributed by atoms with Gasteiger partial charge in [-0.1, -0.05) is 200 Å². The normalized spacial score (nSPS) is 11.1. The summed E-state index contributed by atoms with van der Waals surface area (Å²) in [5.41, 5.74) is 10.1. The Labute approximate surface area is 336 Å². The van der Waals surface area contributed by atoms with E-state index in [-0.39, 0.29) is 0 Å². The van der Waals surface area contributed by atoms with Crippen LogP contribution in [0.15, 0.2) is 206 Å². The number of rotatable bonds is 8. The summed E-state index contributed by atoms with van der Waals surface area (Å²) in [7, 11) is 0. The topological polar surface area (TPSA) is 77.3 Å². The molecule has 2 heterocycles. The van der Waals surface area contributed by atoms with Crippen molar-refractivity contribution in [3.05, 3.63) is 206 Å². The van der Waals surface area contributed by atoms with E-state index in [1.165, 1.54) is 0 Å². The number of nitrogens with zero attached hydrogens (tertiary/aromatic N) is 6. The van der Waals surface area contributed by atoms with Crippen LogP contribution in [0.4, 0.5) is 0 Å². The highest BCUT2D eigenvalue weighted by molar-refractivity contribution is 6.06. The fourth-order valence-corrected chi connectivity index (χ4v) is 7.36. The summed E-state index contributed by atoms with van der Waals surface area (Å²) in [5.74, 6) is 3.80. The van der Waals surface area contributed by atoms with E-state index < -0.39 is 0 Å². The third kappa shape index (κ3) is 6.80. The van der Waals surface area contributed by atoms with E-state index in [0.717, 1.165) is 66.4 Å². The summed E-state index contributed by atoms with van der Waals surface area (Å²) >= 11 is 0. The van der Waals surface area contributed by atoms with Gasteiger partial charge in [0.2, 0.25) is 0 Å². The molecular formula is C52H34N6. The van der Waals surface area contributed by atoms with Crippen molar-refractivity contribution in [1.29, 1.82) is 0 Å². The first-order valence-corrected chi connectivity index (χ1v) is 19.2. The molecule has 272 valence electrons. The molecule has 6 nitrogen and oxygen atoms in total. The van der Waals surface area contributed by atoms with E-state index in [1.54, 1.807) is 0 Å². The van der Waals surface area contributed by atoms with Crippen LogP contribution in [0.5, 0.6) is 0 Å². The van der Waals surface area contributed by atoms with Gasteiger partial charge in [-0.25, -0.2) is 29.9 Å². The highest BCUT2D eigenvalue weighted by atomic mass is 15.0. The Bertz CT molecular complexity index is 2910. The molecule has 58 heavy (non-hydrogen) atoms. The van der Waals surface area contributed by atoms with E-state index in [4.69, 9.17) is 29.9 Å². The standard InChI is InChI=1S/C52H34N6/c1-5-17-36(18-6-1)47-53-48(37-19-7-2-8-20-37)55-51(54-47)40-31-29-35(30-32-40)41-25-13-14-26-42(41)45-33-34-46(44-28-16-15-27-43(44)45)52-57-49(38-21-9-3-10-22-38)56-50(58-52)39-23-11-4-12-24-39/h1-34H. The van der Waals surface area contributed by atoms with E-state index in [2.05, 4.69) is 84.9 Å². The van der Waals surface area contributed by atoms with Crippen molar-refractivity contribution in [2.75, 3.05) is 0 Å². The molecule has 0 spiro atoms. The lowest BCUT2D eigenvalue weighted by molar-refractivity contribution is 1.07. The number of fused-ring (bicyclic) bond motifs is 1. The van der Waals surface area contributed by atoms with Gasteiger partial charge in [0, 0.05) is 33.4 Å². The summed E-state index contributed by atoms with van der Waals surface area (Å²) in [6, 6.07) is 70.2. The van der Waals surface area contributed by atoms with E-state index in [9.17, 15) is 0 Å². The Morgan fingerprint density at radius 3 is 0.897 bits per heavy atom. The minimum Gasteiger partial charge on any atom is -0.208 e. The number of aromatic nitrogens is 6. The van der Waals surface area contributed by atoms with Gasteiger partial charge in [-0.2, -0.15) is 0 Å². The Kier molecular flexibility index (Phi) is 9.10. The minimum atomic E-state index is 0.623. The molecule has 0 aliphatic rings. The SMILES string of the molecule is c1ccc(-c2nc(-c3ccccc3)nc(-c3ccc(-c4ccccc4-c4ccc(-c5nc(-c6ccccc6)nc(-c6ccccc6)n5)c5ccccc45)cc3)n2)cc1. The van der Waals surface area contributed by atoms with Crippen LogP contribution < -0.4 is 0 Å². The highest BCUT2D eigenvalue weighted by Crippen LogP contribution is 2.40. The first-order chi connectivity index (χ1) is 28.7. The fraction of sp³-hybridized carbons (Fsp3) is 0. The van der Waals surface area contributed by atoms with Crippen LogP contribution in [0.2, 0.25) is 0 Å². The van der Waals surface area contributed by atoms with Crippen LogP contribution in [0.25, 0.3) is 101 Å². The molecule has 6 heteroatoms. The predicted octanol–water partition coefficient (Wildman–Crippen LogP) is 12.5. The second kappa shape index (κ2) is 15.3. The van der Waals surface area contributed by atoms with Gasteiger partial charge in [-0.15, -0.1) is 0 Å². The second-order valence-corrected chi connectivity index (χ2v) is 13.9. The van der Waals surface area contributed by atoms with E-state index in [0.29, 0.717) is 34.9 Å². The predicted molar refractivity (Wildman–Crippen MR) is 234 cm³/mol. The maximum atomic E-state index is 5.06. The molecule has 0 saturated heterocycles. The van der Waals surface area contributed by atoms with Crippen molar-refractivity contribution in [2.24, 2.45) is 0 Å². The third-order valence-corrected chi connectivity index (χ3v) is 10.2. The largest absolute Gasteiger partial charge is 0.208 e. The van der Waals surface area contributed by atoms with Crippen molar-refractivity contribution < 1.29 is 0 Å². The minimum absolute atomic E-state index is 0.623. The van der Waals surface area contributed by atoms with Gasteiger partial charge in [0.05, 0.1) is 0 Å². The molecule has 10 rings (SSSR count). The first-order valence-electron chi connectivity index (χ1n) is 19.2. The Balaban J connectivity index is 1.05. The van der Waals surface area contributed by atoms with Gasteiger partial charge in [0.25, 0.3) is 0 Å². The van der Waals surface area contributed by atoms with Crippen LogP contribution in [-0.4, -0.2) is 29.9 Å². The van der Waals surface area contributed by atoms with Gasteiger partial charge in [-0.3, -0.25) is 0 Å². The quantitative estimate of drug-likeness (QED) is 0.154. The molecule has 0 fully saturated rings. The molecule has 0 bridgehead atoms. The van der Waals surface area contributed by atoms with Gasteiger partial charge < -0.3 is 0 Å².